The summed E-state index contributed by atoms with van der Waals surface area (Å²) in [6, 6.07) is 9.95. The number of benzene rings is 1. The molecule has 7 nitrogen and oxygen atoms in total. The molecule has 0 unspecified atom stereocenters. The van der Waals surface area contributed by atoms with Gasteiger partial charge in [-0.25, -0.2) is 9.97 Å². The Morgan fingerprint density at radius 1 is 1.19 bits per heavy atom. The zero-order valence-corrected chi connectivity index (χ0v) is 15.9. The zero-order valence-electron chi connectivity index (χ0n) is 15.9. The van der Waals surface area contributed by atoms with E-state index < -0.39 is 0 Å². The highest BCUT2D eigenvalue weighted by Crippen LogP contribution is 2.25. The average Bonchev–Trinajstić information content (AvgIpc) is 3.28. The Morgan fingerprint density at radius 2 is 2.00 bits per heavy atom. The van der Waals surface area contributed by atoms with E-state index in [1.165, 1.54) is 0 Å². The van der Waals surface area contributed by atoms with Gasteiger partial charge >= 0.3 is 0 Å². The van der Waals surface area contributed by atoms with Gasteiger partial charge in [0, 0.05) is 48.9 Å². The van der Waals surface area contributed by atoms with Crippen LogP contribution in [-0.4, -0.2) is 31.3 Å². The van der Waals surface area contributed by atoms with Crippen LogP contribution in [0.1, 0.15) is 16.8 Å². The van der Waals surface area contributed by atoms with Crippen LogP contribution in [0, 0.1) is 13.8 Å². The molecule has 27 heavy (non-hydrogen) atoms. The number of hydrogen-bond donors (Lipinski definition) is 1. The van der Waals surface area contributed by atoms with E-state index in [0.717, 1.165) is 45.6 Å². The normalized spacial score (nSPS) is 11.1. The maximum atomic E-state index is 5.46. The summed E-state index contributed by atoms with van der Waals surface area (Å²) in [4.78, 5) is 9.08. The van der Waals surface area contributed by atoms with Gasteiger partial charge in [-0.1, -0.05) is 18.2 Å². The highest BCUT2D eigenvalue weighted by atomic mass is 16.5. The van der Waals surface area contributed by atoms with Gasteiger partial charge in [0.15, 0.2) is 11.5 Å². The molecule has 0 spiro atoms. The van der Waals surface area contributed by atoms with Gasteiger partial charge in [0.1, 0.15) is 17.3 Å². The maximum Gasteiger partial charge on any atom is 0.160 e. The summed E-state index contributed by atoms with van der Waals surface area (Å²) in [5.74, 6) is 2.59. The first-order valence-electron chi connectivity index (χ1n) is 8.79. The SMILES string of the molecule is COc1ccccc1CNc1c(C)c(C)nc2cc(-c3nccn3C)nn12. The lowest BCUT2D eigenvalue weighted by molar-refractivity contribution is 0.410. The zero-order chi connectivity index (χ0) is 19.0. The van der Waals surface area contributed by atoms with E-state index in [4.69, 9.17) is 9.84 Å². The lowest BCUT2D eigenvalue weighted by Gasteiger charge is -2.14. The number of methoxy groups -OCH3 is 1. The summed E-state index contributed by atoms with van der Waals surface area (Å²) in [7, 11) is 3.64. The number of nitrogens with one attached hydrogen (secondary N) is 1. The first-order valence-corrected chi connectivity index (χ1v) is 8.79. The van der Waals surface area contributed by atoms with Crippen LogP contribution >= 0.6 is 0 Å². The molecule has 0 radical (unpaired) electrons. The number of fused-ring (bicyclic) bond motifs is 1. The van der Waals surface area contributed by atoms with Crippen LogP contribution in [0.25, 0.3) is 17.2 Å². The van der Waals surface area contributed by atoms with Gasteiger partial charge in [-0.15, -0.1) is 0 Å². The van der Waals surface area contributed by atoms with E-state index >= 15 is 0 Å². The van der Waals surface area contributed by atoms with E-state index in [9.17, 15) is 0 Å². The van der Waals surface area contributed by atoms with Crippen molar-refractivity contribution in [1.82, 2.24) is 24.1 Å². The molecule has 0 amide bonds. The van der Waals surface area contributed by atoms with Gasteiger partial charge in [-0.05, 0) is 19.9 Å². The molecule has 7 heteroatoms. The number of para-hydroxylation sites is 1. The highest BCUT2D eigenvalue weighted by Gasteiger charge is 2.15. The third-order valence-electron chi connectivity index (χ3n) is 4.77. The van der Waals surface area contributed by atoms with Crippen LogP contribution in [-0.2, 0) is 13.6 Å². The van der Waals surface area contributed by atoms with Gasteiger partial charge in [0.05, 0.1) is 7.11 Å². The number of ether oxygens (including phenoxy) is 1. The van der Waals surface area contributed by atoms with Crippen molar-refractivity contribution in [3.05, 3.63) is 59.5 Å². The first kappa shape index (κ1) is 17.1. The molecule has 0 aliphatic heterocycles. The number of imidazole rings is 1. The van der Waals surface area contributed by atoms with Crippen molar-refractivity contribution < 1.29 is 4.74 Å². The van der Waals surface area contributed by atoms with Crippen LogP contribution in [0.5, 0.6) is 5.75 Å². The van der Waals surface area contributed by atoms with Crippen LogP contribution in [0.3, 0.4) is 0 Å². The number of anilines is 1. The summed E-state index contributed by atoms with van der Waals surface area (Å²) in [6.45, 7) is 4.69. The van der Waals surface area contributed by atoms with Crippen molar-refractivity contribution in [2.75, 3.05) is 12.4 Å². The Labute approximate surface area is 157 Å². The monoisotopic (exact) mass is 362 g/mol. The van der Waals surface area contributed by atoms with Crippen molar-refractivity contribution in [2.24, 2.45) is 7.05 Å². The van der Waals surface area contributed by atoms with Crippen LogP contribution in [0.15, 0.2) is 42.7 Å². The molecular weight excluding hydrogens is 340 g/mol. The van der Waals surface area contributed by atoms with Gasteiger partial charge in [-0.2, -0.15) is 9.61 Å². The smallest absolute Gasteiger partial charge is 0.160 e. The minimum atomic E-state index is 0.626. The second-order valence-corrected chi connectivity index (χ2v) is 6.50. The summed E-state index contributed by atoms with van der Waals surface area (Å²) in [5.41, 5.74) is 4.70. The van der Waals surface area contributed by atoms with Crippen molar-refractivity contribution >= 4 is 11.5 Å². The topological polar surface area (TPSA) is 69.3 Å². The largest absolute Gasteiger partial charge is 0.496 e. The first-order chi connectivity index (χ1) is 13.1. The Hall–Kier alpha value is -3.35. The lowest BCUT2D eigenvalue weighted by atomic mass is 10.2. The van der Waals surface area contributed by atoms with E-state index in [0.29, 0.717) is 6.54 Å². The molecular formula is C20H22N6O. The van der Waals surface area contributed by atoms with Gasteiger partial charge in [-0.3, -0.25) is 0 Å². The van der Waals surface area contributed by atoms with Gasteiger partial charge < -0.3 is 14.6 Å². The molecule has 0 saturated heterocycles. The minimum absolute atomic E-state index is 0.626. The number of aromatic nitrogens is 5. The van der Waals surface area contributed by atoms with Crippen molar-refractivity contribution in [1.29, 1.82) is 0 Å². The van der Waals surface area contributed by atoms with Crippen molar-refractivity contribution in [3.8, 4) is 17.3 Å². The maximum absolute atomic E-state index is 5.46. The molecule has 1 aromatic carbocycles. The molecule has 1 N–H and O–H groups in total. The lowest BCUT2D eigenvalue weighted by Crippen LogP contribution is -2.10. The van der Waals surface area contributed by atoms with Crippen molar-refractivity contribution in [3.63, 3.8) is 0 Å². The fraction of sp³-hybridized carbons (Fsp3) is 0.250. The minimum Gasteiger partial charge on any atom is -0.496 e. The quantitative estimate of drug-likeness (QED) is 0.589. The van der Waals surface area contributed by atoms with Gasteiger partial charge in [0.25, 0.3) is 0 Å². The predicted octanol–water partition coefficient (Wildman–Crippen LogP) is 3.37. The molecule has 0 fully saturated rings. The van der Waals surface area contributed by atoms with E-state index in [2.05, 4.69) is 28.3 Å². The number of nitrogens with zero attached hydrogens (tertiary/aromatic N) is 5. The molecule has 3 aromatic heterocycles. The Kier molecular flexibility index (Phi) is 4.27. The number of hydrogen-bond acceptors (Lipinski definition) is 5. The molecule has 3 heterocycles. The molecule has 4 aromatic rings. The Balaban J connectivity index is 1.76. The van der Waals surface area contributed by atoms with E-state index in [-0.39, 0.29) is 0 Å². The molecule has 4 rings (SSSR count). The van der Waals surface area contributed by atoms with Crippen LogP contribution < -0.4 is 10.1 Å². The molecule has 0 aliphatic rings. The molecule has 0 saturated carbocycles. The fourth-order valence-electron chi connectivity index (χ4n) is 3.16. The van der Waals surface area contributed by atoms with E-state index in [1.807, 2.05) is 53.5 Å². The molecule has 0 atom stereocenters. The molecule has 0 aliphatic carbocycles. The van der Waals surface area contributed by atoms with Crippen molar-refractivity contribution in [2.45, 2.75) is 20.4 Å². The Morgan fingerprint density at radius 3 is 2.74 bits per heavy atom. The average molecular weight is 362 g/mol. The Bertz CT molecular complexity index is 1110. The fourth-order valence-corrected chi connectivity index (χ4v) is 3.16. The number of rotatable bonds is 5. The predicted molar refractivity (Wildman–Crippen MR) is 105 cm³/mol. The summed E-state index contributed by atoms with van der Waals surface area (Å²) in [6.07, 6.45) is 3.67. The molecule has 0 bridgehead atoms. The second-order valence-electron chi connectivity index (χ2n) is 6.50. The molecule has 138 valence electrons. The third-order valence-corrected chi connectivity index (χ3v) is 4.77. The number of aryl methyl sites for hydroxylation is 2. The van der Waals surface area contributed by atoms with E-state index in [1.54, 1.807) is 13.3 Å². The van der Waals surface area contributed by atoms with Crippen LogP contribution in [0.4, 0.5) is 5.82 Å². The van der Waals surface area contributed by atoms with Gasteiger partial charge in [0.2, 0.25) is 0 Å². The summed E-state index contributed by atoms with van der Waals surface area (Å²) in [5, 5.41) is 8.26. The summed E-state index contributed by atoms with van der Waals surface area (Å²) >= 11 is 0. The second kappa shape index (κ2) is 6.75. The van der Waals surface area contributed by atoms with Crippen LogP contribution in [0.2, 0.25) is 0 Å². The third kappa shape index (κ3) is 3.01. The standard InChI is InChI=1S/C20H22N6O/c1-13-14(2)23-18-11-16(20-21-9-10-25(20)3)24-26(18)19(13)22-12-15-7-5-6-8-17(15)27-4/h5-11,22H,12H2,1-4H3. The summed E-state index contributed by atoms with van der Waals surface area (Å²) < 4.78 is 9.25. The highest BCUT2D eigenvalue weighted by molar-refractivity contribution is 5.63.